The van der Waals surface area contributed by atoms with Crippen molar-refractivity contribution in [3.05, 3.63) is 59.2 Å². The number of hydrogen-bond donors (Lipinski definition) is 1. The van der Waals surface area contributed by atoms with Crippen LogP contribution in [0.4, 0.5) is 5.82 Å². The maximum absolute atomic E-state index is 9.93. The van der Waals surface area contributed by atoms with Gasteiger partial charge in [0.25, 0.3) is 0 Å². The SMILES string of the molecule is Cc1nn2c(-c3cccc(Cl)c3)cc(N3CCCC3CO)nc2c1-c1ccc2c(c1)OCO2. The van der Waals surface area contributed by atoms with Crippen LogP contribution in [0.15, 0.2) is 48.5 Å². The third-order valence-corrected chi connectivity index (χ3v) is 6.65. The average Bonchev–Trinajstić information content (AvgIpc) is 3.55. The van der Waals surface area contributed by atoms with E-state index in [4.69, 9.17) is 31.2 Å². The van der Waals surface area contributed by atoms with Gasteiger partial charge in [-0.05, 0) is 49.6 Å². The van der Waals surface area contributed by atoms with Crippen LogP contribution in [0, 0.1) is 6.92 Å². The molecule has 4 heterocycles. The molecule has 2 aliphatic rings. The number of benzene rings is 2. The van der Waals surface area contributed by atoms with Gasteiger partial charge in [0.1, 0.15) is 5.82 Å². The Balaban J connectivity index is 1.60. The summed E-state index contributed by atoms with van der Waals surface area (Å²) in [6, 6.07) is 15.8. The minimum Gasteiger partial charge on any atom is -0.454 e. The lowest BCUT2D eigenvalue weighted by Gasteiger charge is -2.25. The Labute approximate surface area is 196 Å². The van der Waals surface area contributed by atoms with Crippen molar-refractivity contribution in [3.63, 3.8) is 0 Å². The Bertz CT molecular complexity index is 1370. The van der Waals surface area contributed by atoms with Crippen molar-refractivity contribution < 1.29 is 14.6 Å². The lowest BCUT2D eigenvalue weighted by molar-refractivity contribution is 0.174. The van der Waals surface area contributed by atoms with Crippen LogP contribution >= 0.6 is 11.6 Å². The van der Waals surface area contributed by atoms with Gasteiger partial charge < -0.3 is 19.5 Å². The molecule has 2 aliphatic heterocycles. The van der Waals surface area contributed by atoms with E-state index < -0.39 is 0 Å². The van der Waals surface area contributed by atoms with Crippen molar-refractivity contribution in [3.8, 4) is 33.9 Å². The fourth-order valence-corrected chi connectivity index (χ4v) is 5.02. The molecule has 0 aliphatic carbocycles. The number of anilines is 1. The second-order valence-corrected chi connectivity index (χ2v) is 8.88. The zero-order chi connectivity index (χ0) is 22.5. The van der Waals surface area contributed by atoms with Gasteiger partial charge in [-0.3, -0.25) is 0 Å². The summed E-state index contributed by atoms with van der Waals surface area (Å²) in [6.07, 6.45) is 1.97. The Hall–Kier alpha value is -3.29. The fourth-order valence-electron chi connectivity index (χ4n) is 4.83. The predicted molar refractivity (Wildman–Crippen MR) is 127 cm³/mol. The van der Waals surface area contributed by atoms with Crippen molar-refractivity contribution >= 4 is 23.1 Å². The second kappa shape index (κ2) is 7.93. The van der Waals surface area contributed by atoms with Gasteiger partial charge in [0.05, 0.1) is 24.0 Å². The molecule has 2 aromatic carbocycles. The first-order valence-electron chi connectivity index (χ1n) is 11.1. The van der Waals surface area contributed by atoms with E-state index in [9.17, 15) is 5.11 Å². The number of aryl methyl sites for hydroxylation is 1. The van der Waals surface area contributed by atoms with Gasteiger partial charge in [0.15, 0.2) is 17.1 Å². The number of hydrogen-bond acceptors (Lipinski definition) is 6. The lowest BCUT2D eigenvalue weighted by atomic mass is 10.1. The molecule has 1 saturated heterocycles. The van der Waals surface area contributed by atoms with Crippen LogP contribution in [0.1, 0.15) is 18.5 Å². The molecule has 0 saturated carbocycles. The van der Waals surface area contributed by atoms with E-state index in [-0.39, 0.29) is 19.4 Å². The Morgan fingerprint density at radius 1 is 1.09 bits per heavy atom. The van der Waals surface area contributed by atoms with Gasteiger partial charge >= 0.3 is 0 Å². The molecule has 6 rings (SSSR count). The molecule has 0 bridgehead atoms. The van der Waals surface area contributed by atoms with Gasteiger partial charge in [0, 0.05) is 28.8 Å². The third-order valence-electron chi connectivity index (χ3n) is 6.41. The summed E-state index contributed by atoms with van der Waals surface area (Å²) in [5.74, 6) is 2.29. The summed E-state index contributed by atoms with van der Waals surface area (Å²) in [5, 5.41) is 15.5. The number of aliphatic hydroxyl groups is 1. The molecular weight excluding hydrogens is 440 g/mol. The third kappa shape index (κ3) is 3.39. The summed E-state index contributed by atoms with van der Waals surface area (Å²) in [7, 11) is 0. The Morgan fingerprint density at radius 3 is 2.82 bits per heavy atom. The number of ether oxygens (including phenoxy) is 2. The number of aromatic nitrogens is 3. The second-order valence-electron chi connectivity index (χ2n) is 8.45. The van der Waals surface area contributed by atoms with E-state index in [2.05, 4.69) is 4.90 Å². The van der Waals surface area contributed by atoms with E-state index in [1.807, 2.05) is 60.0 Å². The molecule has 0 amide bonds. The van der Waals surface area contributed by atoms with Gasteiger partial charge in [-0.1, -0.05) is 29.8 Å². The van der Waals surface area contributed by atoms with Gasteiger partial charge in [-0.25, -0.2) is 9.50 Å². The zero-order valence-electron chi connectivity index (χ0n) is 18.2. The smallest absolute Gasteiger partial charge is 0.231 e. The van der Waals surface area contributed by atoms with Crippen molar-refractivity contribution in [1.82, 2.24) is 14.6 Å². The molecule has 1 unspecified atom stereocenters. The summed E-state index contributed by atoms with van der Waals surface area (Å²) < 4.78 is 13.0. The van der Waals surface area contributed by atoms with Crippen LogP contribution in [0.25, 0.3) is 28.0 Å². The lowest BCUT2D eigenvalue weighted by Crippen LogP contribution is -2.32. The summed E-state index contributed by atoms with van der Waals surface area (Å²) in [6.45, 7) is 3.18. The predicted octanol–water partition coefficient (Wildman–Crippen LogP) is 4.71. The fraction of sp³-hybridized carbons (Fsp3) is 0.280. The summed E-state index contributed by atoms with van der Waals surface area (Å²) >= 11 is 6.33. The van der Waals surface area contributed by atoms with Crippen molar-refractivity contribution in [1.29, 1.82) is 0 Å². The van der Waals surface area contributed by atoms with E-state index in [0.29, 0.717) is 5.02 Å². The molecule has 0 radical (unpaired) electrons. The maximum Gasteiger partial charge on any atom is 0.231 e. The first-order valence-corrected chi connectivity index (χ1v) is 11.4. The van der Waals surface area contributed by atoms with Crippen molar-refractivity contribution in [2.45, 2.75) is 25.8 Å². The highest BCUT2D eigenvalue weighted by Gasteiger charge is 2.28. The number of rotatable bonds is 4. The standard InChI is InChI=1S/C25H23ClN4O3/c1-15-24(17-7-8-21-22(11-17)33-14-32-21)25-27-23(29-9-3-6-19(29)13-31)12-20(30(25)28-15)16-4-2-5-18(26)10-16/h2,4-5,7-8,10-12,19,31H,3,6,9,13-14H2,1H3. The molecule has 7 nitrogen and oxygen atoms in total. The molecule has 8 heteroatoms. The van der Waals surface area contributed by atoms with Crippen LogP contribution in [0.2, 0.25) is 5.02 Å². The molecule has 1 N–H and O–H groups in total. The Morgan fingerprint density at radius 2 is 1.97 bits per heavy atom. The van der Waals surface area contributed by atoms with E-state index in [1.54, 1.807) is 0 Å². The number of nitrogens with zero attached hydrogens (tertiary/aromatic N) is 4. The first kappa shape index (κ1) is 20.3. The van der Waals surface area contributed by atoms with E-state index in [0.717, 1.165) is 70.4 Å². The minimum atomic E-state index is 0.0603. The molecule has 2 aromatic heterocycles. The van der Waals surface area contributed by atoms with Crippen LogP contribution in [-0.2, 0) is 0 Å². The number of aliphatic hydroxyl groups excluding tert-OH is 1. The summed E-state index contributed by atoms with van der Waals surface area (Å²) in [4.78, 5) is 7.26. The Kier molecular flexibility index (Phi) is 4.89. The van der Waals surface area contributed by atoms with Crippen LogP contribution in [0.3, 0.4) is 0 Å². The zero-order valence-corrected chi connectivity index (χ0v) is 18.9. The molecule has 168 valence electrons. The quantitative estimate of drug-likeness (QED) is 0.473. The molecule has 4 aromatic rings. The maximum atomic E-state index is 9.93. The molecule has 0 spiro atoms. The molecule has 33 heavy (non-hydrogen) atoms. The highest BCUT2D eigenvalue weighted by atomic mass is 35.5. The van der Waals surface area contributed by atoms with Crippen LogP contribution in [-0.4, -0.2) is 45.7 Å². The topological polar surface area (TPSA) is 72.1 Å². The normalized spacial score (nSPS) is 17.3. The van der Waals surface area contributed by atoms with Gasteiger partial charge in [-0.15, -0.1) is 0 Å². The number of halogens is 1. The molecule has 1 atom stereocenters. The minimum absolute atomic E-state index is 0.0603. The average molecular weight is 463 g/mol. The monoisotopic (exact) mass is 462 g/mol. The largest absolute Gasteiger partial charge is 0.454 e. The van der Waals surface area contributed by atoms with E-state index in [1.165, 1.54) is 0 Å². The van der Waals surface area contributed by atoms with E-state index >= 15 is 0 Å². The first-order chi connectivity index (χ1) is 16.1. The highest BCUT2D eigenvalue weighted by Crippen LogP contribution is 2.39. The van der Waals surface area contributed by atoms with Crippen LogP contribution < -0.4 is 14.4 Å². The number of fused-ring (bicyclic) bond motifs is 2. The van der Waals surface area contributed by atoms with Gasteiger partial charge in [0.2, 0.25) is 6.79 Å². The summed E-state index contributed by atoms with van der Waals surface area (Å²) in [5.41, 5.74) is 5.38. The van der Waals surface area contributed by atoms with Gasteiger partial charge in [-0.2, -0.15) is 5.10 Å². The molecule has 1 fully saturated rings. The van der Waals surface area contributed by atoms with Crippen LogP contribution in [0.5, 0.6) is 11.5 Å². The van der Waals surface area contributed by atoms with Crippen molar-refractivity contribution in [2.75, 3.05) is 24.8 Å². The highest BCUT2D eigenvalue weighted by molar-refractivity contribution is 6.30. The van der Waals surface area contributed by atoms with Crippen molar-refractivity contribution in [2.24, 2.45) is 0 Å². The molecular formula is C25H23ClN4O3.